The third kappa shape index (κ3) is 4.33. The number of nitrogens with one attached hydrogen (secondary N) is 1. The van der Waals surface area contributed by atoms with Gasteiger partial charge in [-0.3, -0.25) is 15.4 Å². The maximum atomic E-state index is 14.9. The van der Waals surface area contributed by atoms with Crippen molar-refractivity contribution < 1.29 is 18.8 Å². The molecule has 0 atom stereocenters. The molecule has 132 valence electrons. The van der Waals surface area contributed by atoms with Gasteiger partial charge in [0.2, 0.25) is 0 Å². The van der Waals surface area contributed by atoms with Crippen molar-refractivity contribution in [2.75, 3.05) is 23.3 Å². The van der Waals surface area contributed by atoms with E-state index in [1.54, 1.807) is 20.8 Å². The Hall–Kier alpha value is -2.38. The van der Waals surface area contributed by atoms with Crippen LogP contribution < -0.4 is 10.2 Å². The highest BCUT2D eigenvalue weighted by atomic mass is 19.1. The molecule has 0 bridgehead atoms. The Bertz CT molecular complexity index is 637. The Morgan fingerprint density at radius 2 is 1.92 bits per heavy atom. The van der Waals surface area contributed by atoms with E-state index in [2.05, 4.69) is 5.32 Å². The molecule has 1 fully saturated rings. The van der Waals surface area contributed by atoms with Gasteiger partial charge in [-0.1, -0.05) is 0 Å². The SMILES string of the molecule is CC(C)(C)OC(=O)Nc1c([N+](=O)[O-])ccc(N2CCCCC2)c1F. The summed E-state index contributed by atoms with van der Waals surface area (Å²) in [6.07, 6.45) is 2.02. The van der Waals surface area contributed by atoms with E-state index < -0.39 is 33.8 Å². The second kappa shape index (κ2) is 7.02. The van der Waals surface area contributed by atoms with Gasteiger partial charge in [0.05, 0.1) is 10.6 Å². The smallest absolute Gasteiger partial charge is 0.412 e. The molecule has 8 heteroatoms. The molecule has 0 aromatic heterocycles. The van der Waals surface area contributed by atoms with Crippen molar-refractivity contribution in [2.45, 2.75) is 45.6 Å². The van der Waals surface area contributed by atoms with Crippen LogP contribution in [0.2, 0.25) is 0 Å². The van der Waals surface area contributed by atoms with E-state index in [9.17, 15) is 19.3 Å². The average Bonchev–Trinajstić information content (AvgIpc) is 2.48. The standard InChI is InChI=1S/C16H22FN3O4/c1-16(2,3)24-15(21)18-14-12(20(22)23)8-7-11(13(14)17)19-9-5-4-6-10-19/h7-8H,4-6,9-10H2,1-3H3,(H,18,21). The topological polar surface area (TPSA) is 84.7 Å². The van der Waals surface area contributed by atoms with Crippen LogP contribution in [-0.4, -0.2) is 29.7 Å². The summed E-state index contributed by atoms with van der Waals surface area (Å²) >= 11 is 0. The maximum absolute atomic E-state index is 14.9. The lowest BCUT2D eigenvalue weighted by Crippen LogP contribution is -2.31. The van der Waals surface area contributed by atoms with Crippen molar-refractivity contribution >= 4 is 23.2 Å². The largest absolute Gasteiger partial charge is 0.444 e. The number of anilines is 2. The number of amides is 1. The summed E-state index contributed by atoms with van der Waals surface area (Å²) in [5, 5.41) is 13.4. The van der Waals surface area contributed by atoms with Gasteiger partial charge in [-0.15, -0.1) is 0 Å². The van der Waals surface area contributed by atoms with Crippen LogP contribution in [0.1, 0.15) is 40.0 Å². The van der Waals surface area contributed by atoms with Crippen LogP contribution in [0.5, 0.6) is 0 Å². The van der Waals surface area contributed by atoms with E-state index in [0.717, 1.165) is 19.3 Å². The molecule has 0 saturated carbocycles. The molecule has 0 radical (unpaired) electrons. The first-order valence-corrected chi connectivity index (χ1v) is 7.91. The molecule has 1 N–H and O–H groups in total. The van der Waals surface area contributed by atoms with Crippen LogP contribution in [0.4, 0.5) is 26.2 Å². The first-order chi connectivity index (χ1) is 11.2. The Morgan fingerprint density at radius 3 is 2.46 bits per heavy atom. The number of hydrogen-bond acceptors (Lipinski definition) is 5. The Kier molecular flexibility index (Phi) is 5.26. The van der Waals surface area contributed by atoms with Crippen molar-refractivity contribution in [1.82, 2.24) is 0 Å². The van der Waals surface area contributed by atoms with E-state index >= 15 is 0 Å². The molecule has 1 aromatic rings. The molecular formula is C16H22FN3O4. The predicted molar refractivity (Wildman–Crippen MR) is 89.0 cm³/mol. The minimum Gasteiger partial charge on any atom is -0.444 e. The minimum atomic E-state index is -0.930. The Balaban J connectivity index is 2.35. The number of ether oxygens (including phenoxy) is 1. The third-order valence-electron chi connectivity index (χ3n) is 3.62. The fourth-order valence-electron chi connectivity index (χ4n) is 2.61. The highest BCUT2D eigenvalue weighted by molar-refractivity contribution is 5.89. The lowest BCUT2D eigenvalue weighted by molar-refractivity contribution is -0.384. The summed E-state index contributed by atoms with van der Waals surface area (Å²) in [5.74, 6) is -0.808. The van der Waals surface area contributed by atoms with E-state index in [4.69, 9.17) is 4.74 Å². The lowest BCUT2D eigenvalue weighted by Gasteiger charge is -2.29. The molecule has 2 rings (SSSR count). The Morgan fingerprint density at radius 1 is 1.29 bits per heavy atom. The number of rotatable bonds is 3. The lowest BCUT2D eigenvalue weighted by atomic mass is 10.1. The summed E-state index contributed by atoms with van der Waals surface area (Å²) in [4.78, 5) is 24.2. The maximum Gasteiger partial charge on any atom is 0.412 e. The molecule has 0 aliphatic carbocycles. The number of nitrogens with zero attached hydrogens (tertiary/aromatic N) is 2. The molecule has 1 aliphatic heterocycles. The molecular weight excluding hydrogens is 317 g/mol. The number of carbonyl (C=O) groups is 1. The van der Waals surface area contributed by atoms with Crippen LogP contribution in [0.15, 0.2) is 12.1 Å². The van der Waals surface area contributed by atoms with Gasteiger partial charge in [-0.25, -0.2) is 9.18 Å². The second-order valence-corrected chi connectivity index (χ2v) is 6.72. The fraction of sp³-hybridized carbons (Fsp3) is 0.562. The molecule has 7 nitrogen and oxygen atoms in total. The van der Waals surface area contributed by atoms with Crippen molar-refractivity contribution in [3.05, 3.63) is 28.1 Å². The zero-order chi connectivity index (χ0) is 17.9. The van der Waals surface area contributed by atoms with E-state index in [-0.39, 0.29) is 5.69 Å². The number of carbonyl (C=O) groups excluding carboxylic acids is 1. The third-order valence-corrected chi connectivity index (χ3v) is 3.62. The van der Waals surface area contributed by atoms with Gasteiger partial charge in [0.1, 0.15) is 5.60 Å². The zero-order valence-corrected chi connectivity index (χ0v) is 14.1. The molecule has 1 aliphatic rings. The highest BCUT2D eigenvalue weighted by Gasteiger charge is 2.27. The van der Waals surface area contributed by atoms with Crippen LogP contribution in [0.3, 0.4) is 0 Å². The number of nitro benzene ring substituents is 1. The van der Waals surface area contributed by atoms with Gasteiger partial charge < -0.3 is 9.64 Å². The monoisotopic (exact) mass is 339 g/mol. The van der Waals surface area contributed by atoms with Gasteiger partial charge in [-0.2, -0.15) is 0 Å². The van der Waals surface area contributed by atoms with Crippen molar-refractivity contribution in [2.24, 2.45) is 0 Å². The molecule has 1 aromatic carbocycles. The summed E-state index contributed by atoms with van der Waals surface area (Å²) in [5.41, 5.74) is -1.50. The molecule has 1 amide bonds. The van der Waals surface area contributed by atoms with Crippen LogP contribution in [0.25, 0.3) is 0 Å². The summed E-state index contributed by atoms with van der Waals surface area (Å²) in [6, 6.07) is 2.60. The molecule has 0 unspecified atom stereocenters. The quantitative estimate of drug-likeness (QED) is 0.663. The average molecular weight is 339 g/mol. The van der Waals surface area contributed by atoms with Crippen LogP contribution in [0, 0.1) is 15.9 Å². The van der Waals surface area contributed by atoms with Crippen LogP contribution >= 0.6 is 0 Å². The fourth-order valence-corrected chi connectivity index (χ4v) is 2.61. The van der Waals surface area contributed by atoms with Crippen LogP contribution in [-0.2, 0) is 4.74 Å². The van der Waals surface area contributed by atoms with Gasteiger partial charge in [0, 0.05) is 19.2 Å². The molecule has 24 heavy (non-hydrogen) atoms. The molecule has 0 spiro atoms. The van der Waals surface area contributed by atoms with Crippen molar-refractivity contribution in [1.29, 1.82) is 0 Å². The number of nitro groups is 1. The summed E-state index contributed by atoms with van der Waals surface area (Å²) < 4.78 is 19.9. The highest BCUT2D eigenvalue weighted by Crippen LogP contribution is 2.35. The van der Waals surface area contributed by atoms with Gasteiger partial charge in [0.15, 0.2) is 11.5 Å². The summed E-state index contributed by atoms with van der Waals surface area (Å²) in [6.45, 7) is 6.33. The number of benzene rings is 1. The van der Waals surface area contributed by atoms with Gasteiger partial charge in [0.25, 0.3) is 5.69 Å². The van der Waals surface area contributed by atoms with Crippen molar-refractivity contribution in [3.8, 4) is 0 Å². The van der Waals surface area contributed by atoms with E-state index in [1.807, 2.05) is 4.90 Å². The number of hydrogen-bond donors (Lipinski definition) is 1. The van der Waals surface area contributed by atoms with Gasteiger partial charge in [-0.05, 0) is 46.1 Å². The van der Waals surface area contributed by atoms with E-state index in [1.165, 1.54) is 12.1 Å². The van der Waals surface area contributed by atoms with E-state index in [0.29, 0.717) is 13.1 Å². The molecule has 1 heterocycles. The minimum absolute atomic E-state index is 0.256. The normalized spacial score (nSPS) is 15.1. The van der Waals surface area contributed by atoms with Gasteiger partial charge >= 0.3 is 6.09 Å². The number of halogens is 1. The Labute approximate surface area is 139 Å². The molecule has 1 saturated heterocycles. The predicted octanol–water partition coefficient (Wildman–Crippen LogP) is 4.07. The number of piperidine rings is 1. The summed E-state index contributed by atoms with van der Waals surface area (Å²) in [7, 11) is 0. The first kappa shape index (κ1) is 18.0. The zero-order valence-electron chi connectivity index (χ0n) is 14.1. The second-order valence-electron chi connectivity index (χ2n) is 6.72. The van der Waals surface area contributed by atoms with Crippen molar-refractivity contribution in [3.63, 3.8) is 0 Å². The first-order valence-electron chi connectivity index (χ1n) is 7.91.